The molecule has 2 heterocycles. The summed E-state index contributed by atoms with van der Waals surface area (Å²) in [5, 5.41) is 10.1. The van der Waals surface area contributed by atoms with E-state index in [9.17, 15) is 9.90 Å². The number of carbonyl (C=O) groups is 1. The molecule has 146 valence electrons. The Balaban J connectivity index is 1.77. The topological polar surface area (TPSA) is 65.4 Å². The average Bonchev–Trinajstić information content (AvgIpc) is 2.84. The second-order valence-corrected chi connectivity index (χ2v) is 7.70. The van der Waals surface area contributed by atoms with Crippen molar-refractivity contribution in [3.63, 3.8) is 0 Å². The number of aliphatic carboxylic acids is 1. The summed E-state index contributed by atoms with van der Waals surface area (Å²) in [6.45, 7) is 3.84. The molecule has 0 aliphatic carbocycles. The van der Waals surface area contributed by atoms with Crippen LogP contribution in [0.4, 0.5) is 5.69 Å². The molecular weight excluding hydrogens is 378 g/mol. The maximum absolute atomic E-state index is 11.6. The Kier molecular flexibility index (Phi) is 5.00. The van der Waals surface area contributed by atoms with E-state index in [-0.39, 0.29) is 6.04 Å². The van der Waals surface area contributed by atoms with Gasteiger partial charge >= 0.3 is 5.97 Å². The molecular formula is C21H22ClN3O3. The zero-order valence-corrected chi connectivity index (χ0v) is 16.6. The minimum atomic E-state index is -0.789. The predicted octanol–water partition coefficient (Wildman–Crippen LogP) is 3.86. The molecule has 2 aliphatic rings. The van der Waals surface area contributed by atoms with E-state index in [4.69, 9.17) is 21.3 Å². The summed E-state index contributed by atoms with van der Waals surface area (Å²) in [5.74, 6) is 0.891. The quantitative estimate of drug-likeness (QED) is 0.830. The van der Waals surface area contributed by atoms with Gasteiger partial charge in [0.1, 0.15) is 17.3 Å². The highest BCUT2D eigenvalue weighted by Crippen LogP contribution is 2.39. The fraction of sp³-hybridized carbons (Fsp3) is 0.333. The average molecular weight is 400 g/mol. The van der Waals surface area contributed by atoms with Crippen LogP contribution in [-0.2, 0) is 4.79 Å². The van der Waals surface area contributed by atoms with Gasteiger partial charge in [-0.2, -0.15) is 0 Å². The van der Waals surface area contributed by atoms with Gasteiger partial charge in [-0.3, -0.25) is 9.69 Å². The first-order chi connectivity index (χ1) is 13.4. The van der Waals surface area contributed by atoms with E-state index in [1.54, 1.807) is 19.1 Å². The maximum Gasteiger partial charge on any atom is 0.307 e. The lowest BCUT2D eigenvalue weighted by molar-refractivity contribution is -0.144. The van der Waals surface area contributed by atoms with Gasteiger partial charge in [-0.1, -0.05) is 30.7 Å². The van der Waals surface area contributed by atoms with Gasteiger partial charge in [-0.05, 0) is 37.4 Å². The summed E-state index contributed by atoms with van der Waals surface area (Å²) in [4.78, 5) is 20.7. The summed E-state index contributed by atoms with van der Waals surface area (Å²) >= 11 is 6.18. The number of rotatable bonds is 2. The number of likely N-dealkylation sites (N-methyl/N-ethyl adjacent to an activating group) is 1. The molecule has 7 heteroatoms. The Morgan fingerprint density at radius 3 is 2.82 bits per heavy atom. The number of para-hydroxylation sites is 1. The van der Waals surface area contributed by atoms with Crippen molar-refractivity contribution in [3.05, 3.63) is 53.1 Å². The number of hydrogen-bond donors (Lipinski definition) is 1. The number of benzene rings is 2. The third-order valence-electron chi connectivity index (χ3n) is 5.46. The Morgan fingerprint density at radius 1 is 1.25 bits per heavy atom. The molecule has 2 atom stereocenters. The molecule has 0 saturated carbocycles. The molecule has 2 aromatic rings. The van der Waals surface area contributed by atoms with Gasteiger partial charge in [0, 0.05) is 30.7 Å². The van der Waals surface area contributed by atoms with Crippen LogP contribution in [0.2, 0.25) is 5.02 Å². The molecule has 1 saturated heterocycles. The SMILES string of the molecule is C[C@H](C(=O)O)C1CN(C2=Nc3cc(Cl)ccc3Oc3ccccc32)CCN1C. The van der Waals surface area contributed by atoms with Crippen molar-refractivity contribution in [2.75, 3.05) is 26.7 Å². The second kappa shape index (κ2) is 7.45. The smallest absolute Gasteiger partial charge is 0.307 e. The van der Waals surface area contributed by atoms with Gasteiger partial charge in [0.25, 0.3) is 0 Å². The van der Waals surface area contributed by atoms with Gasteiger partial charge in [0.15, 0.2) is 5.75 Å². The minimum Gasteiger partial charge on any atom is -0.481 e. The Bertz CT molecular complexity index is 946. The Morgan fingerprint density at radius 2 is 2.04 bits per heavy atom. The van der Waals surface area contributed by atoms with Gasteiger partial charge in [-0.15, -0.1) is 0 Å². The van der Waals surface area contributed by atoms with Crippen LogP contribution in [0.25, 0.3) is 0 Å². The van der Waals surface area contributed by atoms with Crippen LogP contribution >= 0.6 is 11.6 Å². The van der Waals surface area contributed by atoms with Crippen molar-refractivity contribution in [3.8, 4) is 11.5 Å². The minimum absolute atomic E-state index is 0.107. The lowest BCUT2D eigenvalue weighted by atomic mass is 9.97. The fourth-order valence-electron chi connectivity index (χ4n) is 3.74. The fourth-order valence-corrected chi connectivity index (χ4v) is 3.90. The number of nitrogens with zero attached hydrogens (tertiary/aromatic N) is 3. The molecule has 6 nitrogen and oxygen atoms in total. The number of aliphatic imine (C=N–C) groups is 1. The van der Waals surface area contributed by atoms with Crippen molar-refractivity contribution in [2.24, 2.45) is 10.9 Å². The third-order valence-corrected chi connectivity index (χ3v) is 5.69. The zero-order valence-electron chi connectivity index (χ0n) is 15.8. The van der Waals surface area contributed by atoms with Crippen LogP contribution in [0.1, 0.15) is 12.5 Å². The Labute approximate surface area is 169 Å². The molecule has 4 rings (SSSR count). The van der Waals surface area contributed by atoms with Gasteiger partial charge in [-0.25, -0.2) is 4.99 Å². The first-order valence-corrected chi connectivity index (χ1v) is 9.65. The summed E-state index contributed by atoms with van der Waals surface area (Å²) in [7, 11) is 1.97. The summed E-state index contributed by atoms with van der Waals surface area (Å²) in [6.07, 6.45) is 0. The first-order valence-electron chi connectivity index (χ1n) is 9.27. The number of amidine groups is 1. The highest BCUT2D eigenvalue weighted by atomic mass is 35.5. The molecule has 2 aromatic carbocycles. The van der Waals surface area contributed by atoms with E-state index in [1.165, 1.54) is 0 Å². The monoisotopic (exact) mass is 399 g/mol. The second-order valence-electron chi connectivity index (χ2n) is 7.27. The number of halogens is 1. The van der Waals surface area contributed by atoms with Crippen LogP contribution in [-0.4, -0.2) is 59.4 Å². The molecule has 0 radical (unpaired) electrons. The number of piperazine rings is 1. The molecule has 0 spiro atoms. The lowest BCUT2D eigenvalue weighted by Crippen LogP contribution is -2.56. The molecule has 1 fully saturated rings. The first kappa shape index (κ1) is 18.8. The summed E-state index contributed by atoms with van der Waals surface area (Å²) in [6, 6.07) is 13.1. The molecule has 0 aromatic heterocycles. The third kappa shape index (κ3) is 3.45. The normalized spacial score (nSPS) is 20.3. The van der Waals surface area contributed by atoms with E-state index in [0.29, 0.717) is 23.0 Å². The number of fused-ring (bicyclic) bond motifs is 2. The molecule has 1 N–H and O–H groups in total. The maximum atomic E-state index is 11.6. The van der Waals surface area contributed by atoms with Crippen LogP contribution in [0.3, 0.4) is 0 Å². The summed E-state index contributed by atoms with van der Waals surface area (Å²) < 4.78 is 6.11. The van der Waals surface area contributed by atoms with Gasteiger partial charge in [0.2, 0.25) is 0 Å². The van der Waals surface area contributed by atoms with E-state index in [1.807, 2.05) is 37.4 Å². The van der Waals surface area contributed by atoms with Crippen LogP contribution in [0.5, 0.6) is 11.5 Å². The number of ether oxygens (including phenoxy) is 1. The number of carboxylic acids is 1. The standard InChI is InChI=1S/C21H22ClN3O3/c1-13(21(26)27)17-12-25(10-9-24(17)2)20-15-5-3-4-6-18(15)28-19-8-7-14(22)11-16(19)23-20/h3-8,11,13,17H,9-10,12H2,1-2H3,(H,26,27)/t13-,17?/m0/s1. The van der Waals surface area contributed by atoms with Crippen molar-refractivity contribution >= 4 is 29.1 Å². The van der Waals surface area contributed by atoms with Crippen molar-refractivity contribution < 1.29 is 14.6 Å². The van der Waals surface area contributed by atoms with E-state index in [0.717, 1.165) is 30.2 Å². The molecule has 0 amide bonds. The highest BCUT2D eigenvalue weighted by molar-refractivity contribution is 6.31. The number of carboxylic acid groups (broad SMARTS) is 1. The van der Waals surface area contributed by atoms with Crippen LogP contribution in [0, 0.1) is 5.92 Å². The summed E-state index contributed by atoms with van der Waals surface area (Å²) in [5.41, 5.74) is 1.56. The van der Waals surface area contributed by atoms with Crippen LogP contribution < -0.4 is 4.74 Å². The number of hydrogen-bond acceptors (Lipinski definition) is 5. The highest BCUT2D eigenvalue weighted by Gasteiger charge is 2.35. The van der Waals surface area contributed by atoms with E-state index >= 15 is 0 Å². The largest absolute Gasteiger partial charge is 0.481 e. The van der Waals surface area contributed by atoms with Crippen molar-refractivity contribution in [1.29, 1.82) is 0 Å². The van der Waals surface area contributed by atoms with E-state index < -0.39 is 11.9 Å². The molecule has 28 heavy (non-hydrogen) atoms. The lowest BCUT2D eigenvalue weighted by Gasteiger charge is -2.42. The van der Waals surface area contributed by atoms with Crippen molar-refractivity contribution in [2.45, 2.75) is 13.0 Å². The van der Waals surface area contributed by atoms with Crippen molar-refractivity contribution in [1.82, 2.24) is 9.80 Å². The van der Waals surface area contributed by atoms with Gasteiger partial charge in [0.05, 0.1) is 11.5 Å². The molecule has 2 aliphatic heterocycles. The molecule has 0 bridgehead atoms. The Hall–Kier alpha value is -2.57. The zero-order chi connectivity index (χ0) is 19.8. The predicted molar refractivity (Wildman–Crippen MR) is 109 cm³/mol. The molecule has 1 unspecified atom stereocenters. The van der Waals surface area contributed by atoms with Gasteiger partial charge < -0.3 is 14.7 Å². The van der Waals surface area contributed by atoms with E-state index in [2.05, 4.69) is 9.80 Å². The van der Waals surface area contributed by atoms with Crippen LogP contribution in [0.15, 0.2) is 47.5 Å².